The van der Waals surface area contributed by atoms with Crippen molar-refractivity contribution in [1.29, 1.82) is 0 Å². The molecule has 0 saturated carbocycles. The van der Waals surface area contributed by atoms with Gasteiger partial charge in [0.1, 0.15) is 0 Å². The summed E-state index contributed by atoms with van der Waals surface area (Å²) < 4.78 is 0. The highest BCUT2D eigenvalue weighted by Gasteiger charge is 2.10. The minimum absolute atomic E-state index is 0.986. The van der Waals surface area contributed by atoms with Crippen molar-refractivity contribution in [3.63, 3.8) is 0 Å². The lowest BCUT2D eigenvalue weighted by molar-refractivity contribution is 1.01. The fourth-order valence-electron chi connectivity index (χ4n) is 2.40. The molecule has 2 aromatic carbocycles. The van der Waals surface area contributed by atoms with E-state index in [1.165, 1.54) is 10.8 Å². The maximum absolute atomic E-state index is 4.73. The molecule has 0 fully saturated rings. The van der Waals surface area contributed by atoms with E-state index in [9.17, 15) is 0 Å². The summed E-state index contributed by atoms with van der Waals surface area (Å²) in [6, 6.07) is 14.7. The Kier molecular flexibility index (Phi) is 2.79. The van der Waals surface area contributed by atoms with Crippen molar-refractivity contribution in [3.8, 4) is 11.3 Å². The highest BCUT2D eigenvalue weighted by Crippen LogP contribution is 2.29. The van der Waals surface area contributed by atoms with Gasteiger partial charge in [0, 0.05) is 5.56 Å². The summed E-state index contributed by atoms with van der Waals surface area (Å²) in [6.07, 6.45) is 0. The monoisotopic (exact) mass is 248 g/mol. The average Bonchev–Trinajstić information content (AvgIpc) is 2.42. The van der Waals surface area contributed by atoms with Crippen LogP contribution in [0.25, 0.3) is 22.0 Å². The Balaban J connectivity index is 2.33. The van der Waals surface area contributed by atoms with Gasteiger partial charge in [-0.1, -0.05) is 42.5 Å². The Hall–Kier alpha value is -2.22. The van der Waals surface area contributed by atoms with Crippen molar-refractivity contribution in [1.82, 2.24) is 9.97 Å². The van der Waals surface area contributed by atoms with E-state index in [4.69, 9.17) is 4.98 Å². The van der Waals surface area contributed by atoms with E-state index >= 15 is 0 Å². The molecule has 0 bridgehead atoms. The van der Waals surface area contributed by atoms with Crippen LogP contribution in [-0.2, 0) is 0 Å². The second-order valence-corrected chi connectivity index (χ2v) is 4.86. The van der Waals surface area contributed by atoms with E-state index in [0.29, 0.717) is 0 Å². The average molecular weight is 248 g/mol. The second-order valence-electron chi connectivity index (χ2n) is 4.86. The van der Waals surface area contributed by atoms with Gasteiger partial charge in [0.05, 0.1) is 22.8 Å². The smallest absolute Gasteiger partial charge is 0.0924 e. The van der Waals surface area contributed by atoms with Crippen LogP contribution in [0.2, 0.25) is 0 Å². The Morgan fingerprint density at radius 2 is 1.37 bits per heavy atom. The molecule has 1 aromatic heterocycles. The van der Waals surface area contributed by atoms with E-state index in [0.717, 1.165) is 28.3 Å². The normalized spacial score (nSPS) is 10.9. The van der Waals surface area contributed by atoms with E-state index in [1.807, 2.05) is 20.8 Å². The lowest BCUT2D eigenvalue weighted by Crippen LogP contribution is -1.99. The molecule has 0 atom stereocenters. The highest BCUT2D eigenvalue weighted by molar-refractivity contribution is 5.96. The van der Waals surface area contributed by atoms with Crippen LogP contribution in [0.1, 0.15) is 17.1 Å². The molecule has 0 amide bonds. The second kappa shape index (κ2) is 4.47. The standard InChI is InChI=1S/C17H16N2/c1-11-12(2)19-17(13(3)18-11)16-10-6-8-14-7-4-5-9-15(14)16/h4-10H,1-3H3. The SMILES string of the molecule is Cc1nc(C)c(-c2cccc3ccccc23)nc1C. The molecular formula is C17H16N2. The first-order valence-electron chi connectivity index (χ1n) is 6.47. The van der Waals surface area contributed by atoms with Crippen molar-refractivity contribution in [2.45, 2.75) is 20.8 Å². The lowest BCUT2D eigenvalue weighted by atomic mass is 10.0. The minimum Gasteiger partial charge on any atom is -0.254 e. The van der Waals surface area contributed by atoms with Gasteiger partial charge in [-0.25, -0.2) is 4.98 Å². The van der Waals surface area contributed by atoms with Crippen molar-refractivity contribution >= 4 is 10.8 Å². The van der Waals surface area contributed by atoms with Gasteiger partial charge in [0.2, 0.25) is 0 Å². The molecule has 1 heterocycles. The van der Waals surface area contributed by atoms with E-state index in [-0.39, 0.29) is 0 Å². The van der Waals surface area contributed by atoms with Crippen LogP contribution < -0.4 is 0 Å². The molecule has 19 heavy (non-hydrogen) atoms. The third-order valence-corrected chi connectivity index (χ3v) is 3.53. The highest BCUT2D eigenvalue weighted by atomic mass is 14.8. The molecule has 3 rings (SSSR count). The molecule has 0 radical (unpaired) electrons. The Morgan fingerprint density at radius 3 is 2.21 bits per heavy atom. The van der Waals surface area contributed by atoms with Crippen LogP contribution in [0, 0.1) is 20.8 Å². The quantitative estimate of drug-likeness (QED) is 0.644. The first-order chi connectivity index (χ1) is 9.16. The predicted molar refractivity (Wildman–Crippen MR) is 79.2 cm³/mol. The molecule has 0 saturated heterocycles. The first kappa shape index (κ1) is 11.8. The first-order valence-corrected chi connectivity index (χ1v) is 6.47. The van der Waals surface area contributed by atoms with E-state index in [2.05, 4.69) is 47.4 Å². The number of aryl methyl sites for hydroxylation is 3. The zero-order valence-corrected chi connectivity index (χ0v) is 11.4. The molecule has 0 aliphatic carbocycles. The summed E-state index contributed by atoms with van der Waals surface area (Å²) >= 11 is 0. The van der Waals surface area contributed by atoms with Gasteiger partial charge in [-0.05, 0) is 31.5 Å². The predicted octanol–water partition coefficient (Wildman–Crippen LogP) is 4.22. The summed E-state index contributed by atoms with van der Waals surface area (Å²) in [5.74, 6) is 0. The molecule has 3 aromatic rings. The molecule has 94 valence electrons. The zero-order valence-electron chi connectivity index (χ0n) is 11.4. The van der Waals surface area contributed by atoms with Crippen molar-refractivity contribution in [3.05, 3.63) is 59.5 Å². The number of hydrogen-bond acceptors (Lipinski definition) is 2. The third-order valence-electron chi connectivity index (χ3n) is 3.53. The molecule has 0 spiro atoms. The van der Waals surface area contributed by atoms with Crippen LogP contribution >= 0.6 is 0 Å². The molecular weight excluding hydrogens is 232 g/mol. The zero-order chi connectivity index (χ0) is 13.4. The Bertz CT molecular complexity index is 755. The van der Waals surface area contributed by atoms with Gasteiger partial charge in [-0.3, -0.25) is 4.98 Å². The van der Waals surface area contributed by atoms with Crippen molar-refractivity contribution in [2.75, 3.05) is 0 Å². The largest absolute Gasteiger partial charge is 0.254 e. The molecule has 0 aliphatic heterocycles. The van der Waals surface area contributed by atoms with Crippen LogP contribution in [0.4, 0.5) is 0 Å². The Labute approximate surface area is 113 Å². The minimum atomic E-state index is 0.986. The van der Waals surface area contributed by atoms with Crippen molar-refractivity contribution in [2.24, 2.45) is 0 Å². The van der Waals surface area contributed by atoms with Gasteiger partial charge in [0.25, 0.3) is 0 Å². The molecule has 0 N–H and O–H groups in total. The number of hydrogen-bond donors (Lipinski definition) is 0. The molecule has 2 nitrogen and oxygen atoms in total. The van der Waals surface area contributed by atoms with Crippen molar-refractivity contribution < 1.29 is 0 Å². The maximum Gasteiger partial charge on any atom is 0.0924 e. The van der Waals surface area contributed by atoms with Crippen LogP contribution in [0.5, 0.6) is 0 Å². The number of nitrogens with zero attached hydrogens (tertiary/aromatic N) is 2. The summed E-state index contributed by atoms with van der Waals surface area (Å²) in [7, 11) is 0. The summed E-state index contributed by atoms with van der Waals surface area (Å²) in [5, 5.41) is 2.46. The number of aromatic nitrogens is 2. The van der Waals surface area contributed by atoms with Gasteiger partial charge in [-0.15, -0.1) is 0 Å². The van der Waals surface area contributed by atoms with Crippen LogP contribution in [-0.4, -0.2) is 9.97 Å². The van der Waals surface area contributed by atoms with Gasteiger partial charge < -0.3 is 0 Å². The number of benzene rings is 2. The summed E-state index contributed by atoms with van der Waals surface area (Å²) in [5.41, 5.74) is 5.13. The fraction of sp³-hybridized carbons (Fsp3) is 0.176. The third kappa shape index (κ3) is 1.99. The number of fused-ring (bicyclic) bond motifs is 1. The van der Waals surface area contributed by atoms with Gasteiger partial charge in [0.15, 0.2) is 0 Å². The topological polar surface area (TPSA) is 25.8 Å². The number of rotatable bonds is 1. The fourth-order valence-corrected chi connectivity index (χ4v) is 2.40. The molecule has 0 unspecified atom stereocenters. The van der Waals surface area contributed by atoms with Gasteiger partial charge in [-0.2, -0.15) is 0 Å². The Morgan fingerprint density at radius 1 is 0.684 bits per heavy atom. The molecule has 0 aliphatic rings. The van der Waals surface area contributed by atoms with Crippen LogP contribution in [0.3, 0.4) is 0 Å². The maximum atomic E-state index is 4.73. The molecule has 2 heteroatoms. The summed E-state index contributed by atoms with van der Waals surface area (Å²) in [4.78, 5) is 9.32. The lowest BCUT2D eigenvalue weighted by Gasteiger charge is -2.10. The van der Waals surface area contributed by atoms with E-state index in [1.54, 1.807) is 0 Å². The summed E-state index contributed by atoms with van der Waals surface area (Å²) in [6.45, 7) is 6.04. The van der Waals surface area contributed by atoms with E-state index < -0.39 is 0 Å². The van der Waals surface area contributed by atoms with Gasteiger partial charge >= 0.3 is 0 Å². The van der Waals surface area contributed by atoms with Crippen LogP contribution in [0.15, 0.2) is 42.5 Å².